The maximum Gasteiger partial charge on any atom is 0.243 e. The van der Waals surface area contributed by atoms with Gasteiger partial charge in [0.1, 0.15) is 6.04 Å². The number of hydrogen-bond acceptors (Lipinski definition) is 5. The van der Waals surface area contributed by atoms with Gasteiger partial charge in [-0.05, 0) is 18.4 Å². The summed E-state index contributed by atoms with van der Waals surface area (Å²) in [5.74, 6) is -0.574. The second-order valence-corrected chi connectivity index (χ2v) is 6.54. The molecule has 0 saturated carbocycles. The molecular weight excluding hydrogens is 304 g/mol. The summed E-state index contributed by atoms with van der Waals surface area (Å²) >= 11 is 1.37. The van der Waals surface area contributed by atoms with Gasteiger partial charge in [-0.1, -0.05) is 6.07 Å². The average molecular weight is 324 g/mol. The first kappa shape index (κ1) is 16.6. The highest BCUT2D eigenvalue weighted by atomic mass is 32.1. The zero-order valence-corrected chi connectivity index (χ0v) is 13.4. The number of thiophene rings is 1. The summed E-state index contributed by atoms with van der Waals surface area (Å²) in [6.07, 6.45) is -0.235. The second-order valence-electron chi connectivity index (χ2n) is 5.59. The minimum absolute atomic E-state index is 0.0160. The minimum atomic E-state index is -0.678. The molecule has 0 aromatic carbocycles. The number of hydrogen-bond donors (Lipinski definition) is 2. The molecule has 0 radical (unpaired) electrons. The second kappa shape index (κ2) is 7.02. The summed E-state index contributed by atoms with van der Waals surface area (Å²) in [6, 6.07) is 2.58. The van der Waals surface area contributed by atoms with Gasteiger partial charge in [0, 0.05) is 32.4 Å². The lowest BCUT2D eigenvalue weighted by atomic mass is 10.1. The quantitative estimate of drug-likeness (QED) is 0.785. The first-order valence-corrected chi connectivity index (χ1v) is 8.08. The maximum atomic E-state index is 12.3. The molecule has 1 aromatic heterocycles. The molecule has 0 spiro atoms. The van der Waals surface area contributed by atoms with Gasteiger partial charge < -0.3 is 15.3 Å². The number of rotatable bonds is 5. The normalized spacial score (nSPS) is 22.4. The Bertz CT molecular complexity index is 558. The molecule has 120 valence electrons. The van der Waals surface area contributed by atoms with Crippen molar-refractivity contribution in [3.63, 3.8) is 0 Å². The van der Waals surface area contributed by atoms with Crippen molar-refractivity contribution in [1.82, 2.24) is 10.2 Å². The summed E-state index contributed by atoms with van der Waals surface area (Å²) < 4.78 is 0. The molecule has 3 atom stereocenters. The first-order valence-electron chi connectivity index (χ1n) is 7.21. The highest BCUT2D eigenvalue weighted by Gasteiger charge is 2.37. The fourth-order valence-electron chi connectivity index (χ4n) is 2.62. The molecule has 2 N–H and O–H groups in total. The van der Waals surface area contributed by atoms with Crippen LogP contribution in [0.3, 0.4) is 0 Å². The summed E-state index contributed by atoms with van der Waals surface area (Å²) in [7, 11) is 0. The van der Waals surface area contributed by atoms with Gasteiger partial charge in [0.25, 0.3) is 0 Å². The van der Waals surface area contributed by atoms with Gasteiger partial charge in [-0.25, -0.2) is 0 Å². The average Bonchev–Trinajstić information content (AvgIpc) is 3.06. The Morgan fingerprint density at radius 1 is 1.50 bits per heavy atom. The monoisotopic (exact) mass is 324 g/mol. The number of nitrogens with one attached hydrogen (secondary N) is 1. The number of Topliss-reactive ketones (excluding diaryl/α,β-unsaturated/α-hetero) is 1. The molecule has 1 aromatic rings. The van der Waals surface area contributed by atoms with Gasteiger partial charge >= 0.3 is 0 Å². The van der Waals surface area contributed by atoms with Crippen molar-refractivity contribution in [2.75, 3.05) is 6.54 Å². The Hall–Kier alpha value is -1.73. The number of aliphatic hydroxyl groups is 1. The van der Waals surface area contributed by atoms with E-state index in [1.54, 1.807) is 13.0 Å². The third kappa shape index (κ3) is 3.92. The van der Waals surface area contributed by atoms with Crippen molar-refractivity contribution in [1.29, 1.82) is 0 Å². The zero-order chi connectivity index (χ0) is 16.3. The third-order valence-corrected chi connectivity index (χ3v) is 4.57. The van der Waals surface area contributed by atoms with Gasteiger partial charge in [0.15, 0.2) is 5.78 Å². The zero-order valence-electron chi connectivity index (χ0n) is 12.6. The molecule has 2 amide bonds. The van der Waals surface area contributed by atoms with Crippen molar-refractivity contribution in [3.8, 4) is 0 Å². The molecule has 2 rings (SSSR count). The number of amides is 2. The number of aliphatic hydroxyl groups excluding tert-OH is 1. The summed E-state index contributed by atoms with van der Waals surface area (Å²) in [5.41, 5.74) is 0. The lowest BCUT2D eigenvalue weighted by molar-refractivity contribution is -0.137. The van der Waals surface area contributed by atoms with Gasteiger partial charge in [-0.15, -0.1) is 11.3 Å². The van der Waals surface area contributed by atoms with Crippen LogP contribution in [0.2, 0.25) is 0 Å². The van der Waals surface area contributed by atoms with Crippen LogP contribution in [-0.2, 0) is 9.59 Å². The van der Waals surface area contributed by atoms with E-state index in [4.69, 9.17) is 0 Å². The standard InChI is InChI=1S/C15H20N2O4S/c1-9(6-13(20)14-4-3-5-22-14)16-15(21)12-7-11(19)8-17(12)10(2)18/h3-5,9,11-12,19H,6-8H2,1-2H3,(H,16,21)/t9?,11-,12+/m0/s1. The molecule has 1 fully saturated rings. The number of nitrogens with zero attached hydrogens (tertiary/aromatic N) is 1. The highest BCUT2D eigenvalue weighted by molar-refractivity contribution is 7.12. The van der Waals surface area contributed by atoms with Crippen LogP contribution < -0.4 is 5.32 Å². The topological polar surface area (TPSA) is 86.7 Å². The third-order valence-electron chi connectivity index (χ3n) is 3.66. The Kier molecular flexibility index (Phi) is 5.31. The molecule has 22 heavy (non-hydrogen) atoms. The number of ketones is 1. The van der Waals surface area contributed by atoms with Crippen molar-refractivity contribution in [2.45, 2.75) is 44.9 Å². The molecule has 2 heterocycles. The number of likely N-dealkylation sites (tertiary alicyclic amines) is 1. The van der Waals surface area contributed by atoms with Crippen LogP contribution in [0.1, 0.15) is 36.4 Å². The lowest BCUT2D eigenvalue weighted by Crippen LogP contribution is -2.48. The Morgan fingerprint density at radius 3 is 2.82 bits per heavy atom. The summed E-state index contributed by atoms with van der Waals surface area (Å²) in [4.78, 5) is 37.8. The molecule has 1 aliphatic heterocycles. The van der Waals surface area contributed by atoms with Crippen molar-refractivity contribution >= 4 is 28.9 Å². The molecule has 0 aliphatic carbocycles. The van der Waals surface area contributed by atoms with E-state index in [9.17, 15) is 19.5 Å². The predicted octanol–water partition coefficient (Wildman–Crippen LogP) is 0.807. The Labute approximate surface area is 133 Å². The SMILES string of the molecule is CC(=O)N1C[C@@H](O)C[C@@H]1C(=O)NC(C)CC(=O)c1cccs1. The largest absolute Gasteiger partial charge is 0.391 e. The van der Waals surface area contributed by atoms with E-state index >= 15 is 0 Å². The minimum Gasteiger partial charge on any atom is -0.391 e. The van der Waals surface area contributed by atoms with E-state index in [1.165, 1.54) is 23.2 Å². The highest BCUT2D eigenvalue weighted by Crippen LogP contribution is 2.19. The lowest BCUT2D eigenvalue weighted by Gasteiger charge is -2.23. The van der Waals surface area contributed by atoms with Crippen LogP contribution in [0.5, 0.6) is 0 Å². The molecule has 1 unspecified atom stereocenters. The van der Waals surface area contributed by atoms with E-state index in [0.29, 0.717) is 4.88 Å². The summed E-state index contributed by atoms with van der Waals surface area (Å²) in [5, 5.41) is 14.2. The van der Waals surface area contributed by atoms with Gasteiger partial charge in [-0.2, -0.15) is 0 Å². The van der Waals surface area contributed by atoms with Crippen molar-refractivity contribution < 1.29 is 19.5 Å². The van der Waals surface area contributed by atoms with Crippen LogP contribution in [0.15, 0.2) is 17.5 Å². The number of carbonyl (C=O) groups excluding carboxylic acids is 3. The molecule has 0 bridgehead atoms. The fourth-order valence-corrected chi connectivity index (χ4v) is 3.29. The molecular formula is C15H20N2O4S. The Morgan fingerprint density at radius 2 is 2.23 bits per heavy atom. The fraction of sp³-hybridized carbons (Fsp3) is 0.533. The van der Waals surface area contributed by atoms with Gasteiger partial charge in [0.05, 0.1) is 11.0 Å². The molecule has 1 saturated heterocycles. The Balaban J connectivity index is 1.90. The van der Waals surface area contributed by atoms with Gasteiger partial charge in [0.2, 0.25) is 11.8 Å². The van der Waals surface area contributed by atoms with Crippen LogP contribution in [0.25, 0.3) is 0 Å². The van der Waals surface area contributed by atoms with Gasteiger partial charge in [-0.3, -0.25) is 14.4 Å². The first-order chi connectivity index (χ1) is 10.4. The van der Waals surface area contributed by atoms with Crippen LogP contribution in [0, 0.1) is 0 Å². The molecule has 1 aliphatic rings. The number of β-amino-alcohol motifs (C(OH)–C–C–N with tert-alkyl or cyclic N) is 1. The molecule has 7 heteroatoms. The predicted molar refractivity (Wildman–Crippen MR) is 82.7 cm³/mol. The van der Waals surface area contributed by atoms with Crippen molar-refractivity contribution in [2.24, 2.45) is 0 Å². The van der Waals surface area contributed by atoms with Crippen LogP contribution in [0.4, 0.5) is 0 Å². The van der Waals surface area contributed by atoms with E-state index in [-0.39, 0.29) is 43.0 Å². The maximum absolute atomic E-state index is 12.3. The van der Waals surface area contributed by atoms with E-state index in [2.05, 4.69) is 5.32 Å². The van der Waals surface area contributed by atoms with E-state index in [1.807, 2.05) is 11.4 Å². The molecule has 6 nitrogen and oxygen atoms in total. The van der Waals surface area contributed by atoms with Crippen LogP contribution >= 0.6 is 11.3 Å². The summed E-state index contributed by atoms with van der Waals surface area (Å²) in [6.45, 7) is 3.31. The van der Waals surface area contributed by atoms with Crippen molar-refractivity contribution in [3.05, 3.63) is 22.4 Å². The smallest absolute Gasteiger partial charge is 0.243 e. The van der Waals surface area contributed by atoms with Crippen LogP contribution in [-0.4, -0.2) is 52.3 Å². The van der Waals surface area contributed by atoms with E-state index < -0.39 is 12.1 Å². The van der Waals surface area contributed by atoms with E-state index in [0.717, 1.165) is 0 Å². The number of carbonyl (C=O) groups is 3.